The lowest BCUT2D eigenvalue weighted by Gasteiger charge is -2.21. The second-order valence-corrected chi connectivity index (χ2v) is 5.14. The number of nitrogens with one attached hydrogen (secondary N) is 1. The van der Waals surface area contributed by atoms with Crippen LogP contribution >= 0.6 is 0 Å². The van der Waals surface area contributed by atoms with Crippen LogP contribution in [-0.2, 0) is 7.05 Å². The second kappa shape index (κ2) is 6.91. The molecule has 122 valence electrons. The van der Waals surface area contributed by atoms with Crippen molar-refractivity contribution in [1.29, 1.82) is 0 Å². The maximum Gasteiger partial charge on any atom is 0.272 e. The summed E-state index contributed by atoms with van der Waals surface area (Å²) in [5, 5.41) is 2.96. The molecule has 0 bridgehead atoms. The number of ether oxygens (including phenoxy) is 1. The molecule has 1 atom stereocenters. The van der Waals surface area contributed by atoms with Gasteiger partial charge in [0, 0.05) is 37.4 Å². The van der Waals surface area contributed by atoms with Crippen LogP contribution in [0, 0.1) is 0 Å². The van der Waals surface area contributed by atoms with Crippen LogP contribution in [0.15, 0.2) is 55.2 Å². The minimum Gasteiger partial charge on any atom is -0.496 e. The van der Waals surface area contributed by atoms with Crippen molar-refractivity contribution in [2.75, 3.05) is 7.11 Å². The smallest absolute Gasteiger partial charge is 0.272 e. The summed E-state index contributed by atoms with van der Waals surface area (Å²) < 4.78 is 7.29. The summed E-state index contributed by atoms with van der Waals surface area (Å²) >= 11 is 0. The summed E-state index contributed by atoms with van der Waals surface area (Å²) in [4.78, 5) is 24.9. The molecule has 0 aliphatic carbocycles. The van der Waals surface area contributed by atoms with Gasteiger partial charge in [0.15, 0.2) is 0 Å². The molecule has 0 aliphatic heterocycles. The van der Waals surface area contributed by atoms with Crippen molar-refractivity contribution >= 4 is 5.91 Å². The molecule has 3 rings (SSSR count). The summed E-state index contributed by atoms with van der Waals surface area (Å²) in [6, 6.07) is 7.04. The zero-order valence-corrected chi connectivity index (χ0v) is 13.4. The zero-order valence-electron chi connectivity index (χ0n) is 13.4. The summed E-state index contributed by atoms with van der Waals surface area (Å²) in [7, 11) is 3.47. The number of nitrogens with zero attached hydrogens (tertiary/aromatic N) is 4. The van der Waals surface area contributed by atoms with E-state index in [0.29, 0.717) is 11.6 Å². The van der Waals surface area contributed by atoms with E-state index in [2.05, 4.69) is 20.3 Å². The van der Waals surface area contributed by atoms with Gasteiger partial charge in [0.05, 0.1) is 13.3 Å². The lowest BCUT2D eigenvalue weighted by Crippen LogP contribution is -2.32. The Morgan fingerprint density at radius 2 is 2.04 bits per heavy atom. The van der Waals surface area contributed by atoms with Gasteiger partial charge in [0.1, 0.15) is 23.3 Å². The molecule has 7 heteroatoms. The first-order valence-corrected chi connectivity index (χ1v) is 7.37. The van der Waals surface area contributed by atoms with E-state index in [9.17, 15) is 4.79 Å². The van der Waals surface area contributed by atoms with Crippen molar-refractivity contribution in [1.82, 2.24) is 24.8 Å². The van der Waals surface area contributed by atoms with Gasteiger partial charge in [0.25, 0.3) is 5.91 Å². The molecular formula is C17H17N5O2. The van der Waals surface area contributed by atoms with Gasteiger partial charge in [-0.1, -0.05) is 18.2 Å². The Morgan fingerprint density at radius 1 is 1.21 bits per heavy atom. The third-order valence-electron chi connectivity index (χ3n) is 3.64. The number of benzene rings is 1. The first-order chi connectivity index (χ1) is 11.7. The van der Waals surface area contributed by atoms with Gasteiger partial charge in [-0.2, -0.15) is 0 Å². The van der Waals surface area contributed by atoms with E-state index in [-0.39, 0.29) is 11.6 Å². The van der Waals surface area contributed by atoms with Crippen LogP contribution in [0.3, 0.4) is 0 Å². The fraction of sp³-hybridized carbons (Fsp3) is 0.176. The Labute approximate surface area is 139 Å². The molecule has 24 heavy (non-hydrogen) atoms. The van der Waals surface area contributed by atoms with Gasteiger partial charge in [-0.05, 0) is 6.07 Å². The van der Waals surface area contributed by atoms with E-state index in [1.54, 1.807) is 13.3 Å². The first-order valence-electron chi connectivity index (χ1n) is 7.37. The van der Waals surface area contributed by atoms with E-state index < -0.39 is 6.04 Å². The quantitative estimate of drug-likeness (QED) is 0.773. The molecular weight excluding hydrogens is 306 g/mol. The average molecular weight is 323 g/mol. The van der Waals surface area contributed by atoms with Crippen molar-refractivity contribution in [3.63, 3.8) is 0 Å². The lowest BCUT2D eigenvalue weighted by molar-refractivity contribution is 0.0935. The number of carbonyl (C=O) groups excluding carboxylic acids is 1. The number of para-hydroxylation sites is 1. The van der Waals surface area contributed by atoms with Gasteiger partial charge >= 0.3 is 0 Å². The number of aryl methyl sites for hydroxylation is 1. The Balaban J connectivity index is 2.00. The van der Waals surface area contributed by atoms with Crippen LogP contribution in [0.1, 0.15) is 27.9 Å². The number of hydrogen-bond donors (Lipinski definition) is 1. The molecule has 1 amide bonds. The minimum atomic E-state index is -0.476. The molecule has 0 fully saturated rings. The van der Waals surface area contributed by atoms with E-state index in [0.717, 1.165) is 5.56 Å². The molecule has 0 saturated heterocycles. The fourth-order valence-corrected chi connectivity index (χ4v) is 2.46. The van der Waals surface area contributed by atoms with E-state index in [4.69, 9.17) is 4.74 Å². The molecule has 0 aliphatic rings. The predicted octanol–water partition coefficient (Wildman–Crippen LogP) is 1.74. The Kier molecular flexibility index (Phi) is 4.51. The third-order valence-corrected chi connectivity index (χ3v) is 3.64. The molecule has 1 N–H and O–H groups in total. The van der Waals surface area contributed by atoms with Crippen LogP contribution < -0.4 is 10.1 Å². The van der Waals surface area contributed by atoms with E-state index in [1.165, 1.54) is 18.6 Å². The van der Waals surface area contributed by atoms with Crippen LogP contribution in [-0.4, -0.2) is 32.5 Å². The zero-order chi connectivity index (χ0) is 16.9. The number of amides is 1. The maximum absolute atomic E-state index is 12.5. The highest BCUT2D eigenvalue weighted by molar-refractivity contribution is 5.92. The molecule has 1 unspecified atom stereocenters. The van der Waals surface area contributed by atoms with Gasteiger partial charge in [0.2, 0.25) is 0 Å². The topological polar surface area (TPSA) is 81.9 Å². The van der Waals surface area contributed by atoms with Crippen molar-refractivity contribution in [3.05, 3.63) is 72.3 Å². The van der Waals surface area contributed by atoms with Gasteiger partial charge in [-0.3, -0.25) is 9.78 Å². The molecule has 0 saturated carbocycles. The normalized spacial score (nSPS) is 11.8. The van der Waals surface area contributed by atoms with Crippen LogP contribution in [0.4, 0.5) is 0 Å². The number of hydrogen-bond acceptors (Lipinski definition) is 5. The van der Waals surface area contributed by atoms with Crippen molar-refractivity contribution in [3.8, 4) is 5.75 Å². The first kappa shape index (κ1) is 15.7. The third kappa shape index (κ3) is 3.10. The summed E-state index contributed by atoms with van der Waals surface area (Å²) in [5.74, 6) is 1.03. The Hall–Kier alpha value is -3.22. The summed E-state index contributed by atoms with van der Waals surface area (Å²) in [5.41, 5.74) is 1.05. The largest absolute Gasteiger partial charge is 0.496 e. The van der Waals surface area contributed by atoms with E-state index in [1.807, 2.05) is 42.1 Å². The predicted molar refractivity (Wildman–Crippen MR) is 87.5 cm³/mol. The number of carbonyl (C=O) groups is 1. The van der Waals surface area contributed by atoms with Crippen molar-refractivity contribution in [2.45, 2.75) is 6.04 Å². The highest BCUT2D eigenvalue weighted by atomic mass is 16.5. The molecule has 0 radical (unpaired) electrons. The minimum absolute atomic E-state index is 0.242. The lowest BCUT2D eigenvalue weighted by atomic mass is 10.0. The monoisotopic (exact) mass is 323 g/mol. The van der Waals surface area contributed by atoms with Crippen LogP contribution in [0.5, 0.6) is 5.75 Å². The number of rotatable bonds is 5. The molecule has 3 aromatic rings. The summed E-state index contributed by atoms with van der Waals surface area (Å²) in [6.07, 6.45) is 7.94. The molecule has 7 nitrogen and oxygen atoms in total. The average Bonchev–Trinajstić information content (AvgIpc) is 3.06. The SMILES string of the molecule is COc1ccccc1C(NC(=O)c1cnccn1)c1nccn1C. The second-order valence-electron chi connectivity index (χ2n) is 5.14. The number of imidazole rings is 1. The van der Waals surface area contributed by atoms with Gasteiger partial charge in [-0.25, -0.2) is 9.97 Å². The Morgan fingerprint density at radius 3 is 2.71 bits per heavy atom. The van der Waals surface area contributed by atoms with Gasteiger partial charge < -0.3 is 14.6 Å². The maximum atomic E-state index is 12.5. The number of methoxy groups -OCH3 is 1. The van der Waals surface area contributed by atoms with E-state index >= 15 is 0 Å². The molecule has 0 spiro atoms. The van der Waals surface area contributed by atoms with Crippen LogP contribution in [0.25, 0.3) is 0 Å². The standard InChI is InChI=1S/C17H17N5O2/c1-22-10-9-20-16(22)15(12-5-3-4-6-14(12)24-2)21-17(23)13-11-18-7-8-19-13/h3-11,15H,1-2H3,(H,21,23). The highest BCUT2D eigenvalue weighted by Gasteiger charge is 2.24. The molecule has 1 aromatic carbocycles. The summed E-state index contributed by atoms with van der Waals surface area (Å²) in [6.45, 7) is 0. The van der Waals surface area contributed by atoms with Crippen molar-refractivity contribution < 1.29 is 9.53 Å². The Bertz CT molecular complexity index is 832. The van der Waals surface area contributed by atoms with Gasteiger partial charge in [-0.15, -0.1) is 0 Å². The highest BCUT2D eigenvalue weighted by Crippen LogP contribution is 2.29. The number of aromatic nitrogens is 4. The molecule has 2 heterocycles. The van der Waals surface area contributed by atoms with Crippen LogP contribution in [0.2, 0.25) is 0 Å². The van der Waals surface area contributed by atoms with Crippen molar-refractivity contribution in [2.24, 2.45) is 7.05 Å². The fourth-order valence-electron chi connectivity index (χ4n) is 2.46. The molecule has 2 aromatic heterocycles.